The van der Waals surface area contributed by atoms with Crippen LogP contribution in [0.4, 0.5) is 0 Å². The lowest BCUT2D eigenvalue weighted by Gasteiger charge is -2.33. The molecule has 1 heterocycles. The summed E-state index contributed by atoms with van der Waals surface area (Å²) in [4.78, 5) is 14.7. The summed E-state index contributed by atoms with van der Waals surface area (Å²) in [6, 6.07) is 2.09. The molecule has 1 aromatic heterocycles. The Morgan fingerprint density at radius 2 is 2.24 bits per heavy atom. The van der Waals surface area contributed by atoms with E-state index in [-0.39, 0.29) is 23.9 Å². The Balaban J connectivity index is 0.00000220. The SMILES string of the molecule is CC1CCc2sc(C(=O)NC(C)(CN)C(C)C)cc2C1.Cl. The molecule has 0 saturated carbocycles. The van der Waals surface area contributed by atoms with Gasteiger partial charge in [0.05, 0.1) is 10.4 Å². The molecule has 0 bridgehead atoms. The molecule has 3 nitrogen and oxygen atoms in total. The first-order valence-corrected chi connectivity index (χ1v) is 8.31. The number of carbonyl (C=O) groups is 1. The molecule has 1 amide bonds. The first kappa shape index (κ1) is 18.5. The highest BCUT2D eigenvalue weighted by Crippen LogP contribution is 2.32. The van der Waals surface area contributed by atoms with Gasteiger partial charge in [-0.05, 0) is 49.7 Å². The zero-order valence-electron chi connectivity index (χ0n) is 13.4. The van der Waals surface area contributed by atoms with Crippen LogP contribution in [0.2, 0.25) is 0 Å². The fourth-order valence-corrected chi connectivity index (χ4v) is 3.67. The molecule has 3 N–H and O–H groups in total. The minimum absolute atomic E-state index is 0. The van der Waals surface area contributed by atoms with Crippen LogP contribution in [-0.2, 0) is 12.8 Å². The molecular formula is C16H27ClN2OS. The molecule has 0 fully saturated rings. The number of carbonyl (C=O) groups excluding carboxylic acids is 1. The van der Waals surface area contributed by atoms with Crippen LogP contribution in [0.1, 0.15) is 54.2 Å². The zero-order chi connectivity index (χ0) is 14.9. The number of amides is 1. The number of rotatable bonds is 4. The van der Waals surface area contributed by atoms with Crippen molar-refractivity contribution < 1.29 is 4.79 Å². The van der Waals surface area contributed by atoms with E-state index < -0.39 is 0 Å². The molecule has 1 aliphatic rings. The molecule has 2 rings (SSSR count). The molecule has 0 spiro atoms. The van der Waals surface area contributed by atoms with Gasteiger partial charge < -0.3 is 11.1 Å². The molecule has 0 saturated heterocycles. The van der Waals surface area contributed by atoms with Crippen LogP contribution >= 0.6 is 23.7 Å². The number of nitrogens with one attached hydrogen (secondary N) is 1. The molecular weight excluding hydrogens is 304 g/mol. The van der Waals surface area contributed by atoms with Crippen LogP contribution in [0.25, 0.3) is 0 Å². The molecule has 0 radical (unpaired) electrons. The quantitative estimate of drug-likeness (QED) is 0.889. The van der Waals surface area contributed by atoms with Crippen molar-refractivity contribution in [3.05, 3.63) is 21.4 Å². The van der Waals surface area contributed by atoms with Crippen molar-refractivity contribution in [3.63, 3.8) is 0 Å². The van der Waals surface area contributed by atoms with Gasteiger partial charge in [-0.15, -0.1) is 23.7 Å². The third-order valence-electron chi connectivity index (χ3n) is 4.65. The average Bonchev–Trinajstić information content (AvgIpc) is 2.81. The lowest BCUT2D eigenvalue weighted by atomic mass is 9.88. The van der Waals surface area contributed by atoms with Crippen molar-refractivity contribution in [1.29, 1.82) is 0 Å². The molecule has 1 aromatic rings. The van der Waals surface area contributed by atoms with E-state index in [0.29, 0.717) is 12.5 Å². The summed E-state index contributed by atoms with van der Waals surface area (Å²) >= 11 is 1.66. The lowest BCUT2D eigenvalue weighted by molar-refractivity contribution is 0.0887. The number of nitrogens with two attached hydrogens (primary N) is 1. The fraction of sp³-hybridized carbons (Fsp3) is 0.688. The normalized spacial score (nSPS) is 20.4. The Morgan fingerprint density at radius 3 is 2.81 bits per heavy atom. The molecule has 1 aliphatic carbocycles. The van der Waals surface area contributed by atoms with E-state index in [1.165, 1.54) is 16.9 Å². The summed E-state index contributed by atoms with van der Waals surface area (Å²) in [5.74, 6) is 1.07. The molecule has 2 unspecified atom stereocenters. The number of halogens is 1. The van der Waals surface area contributed by atoms with E-state index in [4.69, 9.17) is 5.73 Å². The summed E-state index contributed by atoms with van der Waals surface area (Å²) in [7, 11) is 0. The van der Waals surface area contributed by atoms with Crippen molar-refractivity contribution in [2.45, 2.75) is 52.5 Å². The first-order valence-electron chi connectivity index (χ1n) is 7.50. The standard InChI is InChI=1S/C16H26N2OS.ClH/c1-10(2)16(4,9-17)18-15(19)14-8-12-7-11(3)5-6-13(12)20-14;/h8,10-11H,5-7,9,17H2,1-4H3,(H,18,19);1H. The van der Waals surface area contributed by atoms with Crippen LogP contribution in [0.5, 0.6) is 0 Å². The maximum atomic E-state index is 12.5. The van der Waals surface area contributed by atoms with E-state index in [2.05, 4.69) is 32.2 Å². The van der Waals surface area contributed by atoms with E-state index in [1.807, 2.05) is 6.92 Å². The number of hydrogen-bond donors (Lipinski definition) is 2. The van der Waals surface area contributed by atoms with E-state index in [9.17, 15) is 4.79 Å². The van der Waals surface area contributed by atoms with Gasteiger partial charge in [0.1, 0.15) is 0 Å². The monoisotopic (exact) mass is 330 g/mol. The van der Waals surface area contributed by atoms with Gasteiger partial charge in [-0.2, -0.15) is 0 Å². The number of thiophene rings is 1. The first-order chi connectivity index (χ1) is 9.35. The maximum Gasteiger partial charge on any atom is 0.261 e. The van der Waals surface area contributed by atoms with E-state index in [0.717, 1.165) is 23.6 Å². The van der Waals surface area contributed by atoms with Crippen LogP contribution < -0.4 is 11.1 Å². The third kappa shape index (κ3) is 3.99. The zero-order valence-corrected chi connectivity index (χ0v) is 15.0. The topological polar surface area (TPSA) is 55.1 Å². The van der Waals surface area contributed by atoms with Crippen molar-refractivity contribution in [2.75, 3.05) is 6.54 Å². The maximum absolute atomic E-state index is 12.5. The van der Waals surface area contributed by atoms with Crippen LogP contribution in [0.15, 0.2) is 6.07 Å². The predicted molar refractivity (Wildman–Crippen MR) is 92.5 cm³/mol. The van der Waals surface area contributed by atoms with Crippen molar-refractivity contribution in [3.8, 4) is 0 Å². The smallest absolute Gasteiger partial charge is 0.261 e. The second-order valence-electron chi connectivity index (χ2n) is 6.64. The second-order valence-corrected chi connectivity index (χ2v) is 7.77. The highest BCUT2D eigenvalue weighted by Gasteiger charge is 2.30. The number of fused-ring (bicyclic) bond motifs is 1. The highest BCUT2D eigenvalue weighted by atomic mass is 35.5. The Kier molecular flexibility index (Phi) is 6.26. The van der Waals surface area contributed by atoms with Gasteiger partial charge in [0, 0.05) is 11.4 Å². The molecule has 2 atom stereocenters. The minimum atomic E-state index is -0.338. The Bertz CT molecular complexity index is 500. The van der Waals surface area contributed by atoms with Gasteiger partial charge in [0.2, 0.25) is 0 Å². The average molecular weight is 331 g/mol. The summed E-state index contributed by atoms with van der Waals surface area (Å²) in [5, 5.41) is 3.13. The molecule has 0 aromatic carbocycles. The molecule has 21 heavy (non-hydrogen) atoms. The molecule has 5 heteroatoms. The molecule has 120 valence electrons. The largest absolute Gasteiger partial charge is 0.345 e. The van der Waals surface area contributed by atoms with Crippen molar-refractivity contribution in [1.82, 2.24) is 5.32 Å². The van der Waals surface area contributed by atoms with Gasteiger partial charge >= 0.3 is 0 Å². The van der Waals surface area contributed by atoms with Gasteiger partial charge in [-0.3, -0.25) is 4.79 Å². The Labute approximate surface area is 138 Å². The number of aryl methyl sites for hydroxylation is 1. The van der Waals surface area contributed by atoms with Crippen molar-refractivity contribution in [2.24, 2.45) is 17.6 Å². The van der Waals surface area contributed by atoms with E-state index in [1.54, 1.807) is 11.3 Å². The summed E-state index contributed by atoms with van der Waals surface area (Å²) in [5.41, 5.74) is 6.87. The van der Waals surface area contributed by atoms with Gasteiger partial charge in [-0.25, -0.2) is 0 Å². The van der Waals surface area contributed by atoms with E-state index >= 15 is 0 Å². The summed E-state index contributed by atoms with van der Waals surface area (Å²) in [6.07, 6.45) is 3.46. The van der Waals surface area contributed by atoms with Crippen molar-refractivity contribution >= 4 is 29.7 Å². The Morgan fingerprint density at radius 1 is 1.57 bits per heavy atom. The highest BCUT2D eigenvalue weighted by molar-refractivity contribution is 7.14. The fourth-order valence-electron chi connectivity index (χ4n) is 2.57. The summed E-state index contributed by atoms with van der Waals surface area (Å²) in [6.45, 7) is 8.94. The summed E-state index contributed by atoms with van der Waals surface area (Å²) < 4.78 is 0. The molecule has 0 aliphatic heterocycles. The number of hydrogen-bond acceptors (Lipinski definition) is 3. The van der Waals surface area contributed by atoms with Crippen LogP contribution in [-0.4, -0.2) is 18.0 Å². The van der Waals surface area contributed by atoms with Gasteiger partial charge in [-0.1, -0.05) is 20.8 Å². The Hall–Kier alpha value is -0.580. The van der Waals surface area contributed by atoms with Gasteiger partial charge in [0.15, 0.2) is 0 Å². The van der Waals surface area contributed by atoms with Crippen LogP contribution in [0.3, 0.4) is 0 Å². The minimum Gasteiger partial charge on any atom is -0.345 e. The van der Waals surface area contributed by atoms with Gasteiger partial charge in [0.25, 0.3) is 5.91 Å². The second kappa shape index (κ2) is 7.12. The third-order valence-corrected chi connectivity index (χ3v) is 5.89. The predicted octanol–water partition coefficient (Wildman–Crippen LogP) is 3.40. The van der Waals surface area contributed by atoms with Crippen LogP contribution in [0, 0.1) is 11.8 Å². The lowest BCUT2D eigenvalue weighted by Crippen LogP contribution is -2.54.